The van der Waals surface area contributed by atoms with E-state index in [-0.39, 0.29) is 11.5 Å². The lowest BCUT2D eigenvalue weighted by molar-refractivity contribution is 0.393. The molecule has 5 heteroatoms. The molecule has 0 spiro atoms. The second-order valence-electron chi connectivity index (χ2n) is 6.19. The summed E-state index contributed by atoms with van der Waals surface area (Å²) in [7, 11) is 0. The van der Waals surface area contributed by atoms with Crippen LogP contribution in [0.1, 0.15) is 17.0 Å². The van der Waals surface area contributed by atoms with Gasteiger partial charge in [-0.3, -0.25) is 0 Å². The van der Waals surface area contributed by atoms with Gasteiger partial charge in [0, 0.05) is 16.5 Å². The molecular weight excluding hydrogens is 318 g/mol. The molecule has 0 bridgehead atoms. The molecule has 4 aromatic rings. The molecule has 2 heterocycles. The first-order chi connectivity index (χ1) is 12.0. The minimum atomic E-state index is 0.177. The summed E-state index contributed by atoms with van der Waals surface area (Å²) in [6, 6.07) is 10.2. The number of nitrogens with zero attached hydrogens (tertiary/aromatic N) is 1. The SMILES string of the molecule is Cc1noc(C)c1-c1c(-c2ccc(O)cc2)oc2c(C)cc(O)cc12. The Morgan fingerprint density at radius 3 is 2.24 bits per heavy atom. The molecule has 2 aromatic carbocycles. The molecule has 0 fully saturated rings. The van der Waals surface area contributed by atoms with Gasteiger partial charge in [0.15, 0.2) is 0 Å². The number of phenolic OH excluding ortho intramolecular Hbond substituents is 2. The van der Waals surface area contributed by atoms with Gasteiger partial charge in [-0.25, -0.2) is 0 Å². The van der Waals surface area contributed by atoms with Crippen LogP contribution in [0.5, 0.6) is 11.5 Å². The number of aromatic nitrogens is 1. The fourth-order valence-electron chi connectivity index (χ4n) is 3.26. The van der Waals surface area contributed by atoms with Gasteiger partial charge in [-0.2, -0.15) is 0 Å². The third-order valence-corrected chi connectivity index (χ3v) is 4.37. The Bertz CT molecular complexity index is 1070. The predicted molar refractivity (Wildman–Crippen MR) is 94.7 cm³/mol. The van der Waals surface area contributed by atoms with E-state index < -0.39 is 0 Å². The molecule has 0 saturated heterocycles. The van der Waals surface area contributed by atoms with Gasteiger partial charge in [0.25, 0.3) is 0 Å². The zero-order valence-corrected chi connectivity index (χ0v) is 14.1. The number of fused-ring (bicyclic) bond motifs is 1. The first-order valence-corrected chi connectivity index (χ1v) is 7.94. The molecule has 4 rings (SSSR count). The molecule has 5 nitrogen and oxygen atoms in total. The number of hydrogen-bond acceptors (Lipinski definition) is 5. The van der Waals surface area contributed by atoms with Crippen LogP contribution in [0.4, 0.5) is 0 Å². The maximum atomic E-state index is 10.1. The van der Waals surface area contributed by atoms with E-state index in [0.717, 1.165) is 33.3 Å². The Kier molecular flexibility index (Phi) is 3.32. The van der Waals surface area contributed by atoms with Gasteiger partial charge in [-0.05, 0) is 62.7 Å². The Labute approximate surface area is 144 Å². The summed E-state index contributed by atoms with van der Waals surface area (Å²) >= 11 is 0. The van der Waals surface area contributed by atoms with Crippen LogP contribution < -0.4 is 0 Å². The second-order valence-corrected chi connectivity index (χ2v) is 6.19. The van der Waals surface area contributed by atoms with Gasteiger partial charge >= 0.3 is 0 Å². The van der Waals surface area contributed by atoms with Crippen LogP contribution >= 0.6 is 0 Å². The van der Waals surface area contributed by atoms with E-state index in [9.17, 15) is 10.2 Å². The quantitative estimate of drug-likeness (QED) is 0.533. The monoisotopic (exact) mass is 335 g/mol. The van der Waals surface area contributed by atoms with Crippen molar-refractivity contribution in [1.29, 1.82) is 0 Å². The van der Waals surface area contributed by atoms with Crippen LogP contribution in [0.2, 0.25) is 0 Å². The van der Waals surface area contributed by atoms with Gasteiger partial charge in [0.1, 0.15) is 28.6 Å². The van der Waals surface area contributed by atoms with Gasteiger partial charge < -0.3 is 19.2 Å². The van der Waals surface area contributed by atoms with E-state index in [4.69, 9.17) is 8.94 Å². The smallest absolute Gasteiger partial charge is 0.143 e. The summed E-state index contributed by atoms with van der Waals surface area (Å²) in [6.45, 7) is 5.62. The number of aryl methyl sites for hydroxylation is 3. The lowest BCUT2D eigenvalue weighted by Crippen LogP contribution is -1.85. The highest BCUT2D eigenvalue weighted by Gasteiger charge is 2.24. The largest absolute Gasteiger partial charge is 0.508 e. The Morgan fingerprint density at radius 1 is 0.880 bits per heavy atom. The summed E-state index contributed by atoms with van der Waals surface area (Å²) in [4.78, 5) is 0. The van der Waals surface area contributed by atoms with Gasteiger partial charge in [0.2, 0.25) is 0 Å². The lowest BCUT2D eigenvalue weighted by atomic mass is 9.96. The molecule has 0 saturated carbocycles. The lowest BCUT2D eigenvalue weighted by Gasteiger charge is -2.04. The van der Waals surface area contributed by atoms with Crippen molar-refractivity contribution < 1.29 is 19.2 Å². The van der Waals surface area contributed by atoms with E-state index >= 15 is 0 Å². The standard InChI is InChI=1S/C20H17NO4/c1-10-8-15(23)9-16-18(17-11(2)21-25-12(17)3)20(24-19(10)16)13-4-6-14(22)7-5-13/h4-9,22-23H,1-3H3. The summed E-state index contributed by atoms with van der Waals surface area (Å²) in [5.41, 5.74) is 4.80. The fourth-order valence-corrected chi connectivity index (χ4v) is 3.26. The summed E-state index contributed by atoms with van der Waals surface area (Å²) < 4.78 is 11.5. The Hall–Kier alpha value is -3.21. The molecule has 0 aliphatic carbocycles. The average molecular weight is 335 g/mol. The average Bonchev–Trinajstić information content (AvgIpc) is 3.08. The van der Waals surface area contributed by atoms with Crippen LogP contribution in [0, 0.1) is 20.8 Å². The van der Waals surface area contributed by atoms with Crippen LogP contribution in [-0.4, -0.2) is 15.4 Å². The van der Waals surface area contributed by atoms with Crippen molar-refractivity contribution in [2.24, 2.45) is 0 Å². The van der Waals surface area contributed by atoms with Crippen molar-refractivity contribution in [3.8, 4) is 33.9 Å². The maximum Gasteiger partial charge on any atom is 0.143 e. The summed E-state index contributed by atoms with van der Waals surface area (Å²) in [5.74, 6) is 1.70. The number of furan rings is 1. The minimum Gasteiger partial charge on any atom is -0.508 e. The topological polar surface area (TPSA) is 79.6 Å². The normalized spacial score (nSPS) is 11.3. The molecular formula is C20H17NO4. The molecule has 0 unspecified atom stereocenters. The molecule has 0 radical (unpaired) electrons. The number of hydrogen-bond donors (Lipinski definition) is 2. The molecule has 0 atom stereocenters. The number of rotatable bonds is 2. The molecule has 25 heavy (non-hydrogen) atoms. The molecule has 0 aliphatic rings. The van der Waals surface area contributed by atoms with Crippen LogP contribution in [0.25, 0.3) is 33.4 Å². The van der Waals surface area contributed by atoms with E-state index in [1.54, 1.807) is 36.4 Å². The molecule has 0 aliphatic heterocycles. The van der Waals surface area contributed by atoms with Crippen molar-refractivity contribution in [1.82, 2.24) is 5.16 Å². The minimum absolute atomic E-state index is 0.177. The number of benzene rings is 2. The maximum absolute atomic E-state index is 10.1. The molecule has 2 aromatic heterocycles. The van der Waals surface area contributed by atoms with Crippen molar-refractivity contribution in [2.75, 3.05) is 0 Å². The van der Waals surface area contributed by atoms with E-state index in [0.29, 0.717) is 17.1 Å². The molecule has 2 N–H and O–H groups in total. The van der Waals surface area contributed by atoms with Crippen molar-refractivity contribution in [3.63, 3.8) is 0 Å². The first-order valence-electron chi connectivity index (χ1n) is 7.94. The van der Waals surface area contributed by atoms with Crippen molar-refractivity contribution in [2.45, 2.75) is 20.8 Å². The Morgan fingerprint density at radius 2 is 1.60 bits per heavy atom. The van der Waals surface area contributed by atoms with Crippen LogP contribution in [0.15, 0.2) is 45.3 Å². The van der Waals surface area contributed by atoms with E-state index in [1.165, 1.54) is 0 Å². The zero-order chi connectivity index (χ0) is 17.7. The summed E-state index contributed by atoms with van der Waals surface area (Å²) in [6.07, 6.45) is 0. The summed E-state index contributed by atoms with van der Waals surface area (Å²) in [5, 5.41) is 24.5. The van der Waals surface area contributed by atoms with Gasteiger partial charge in [0.05, 0.1) is 11.3 Å². The van der Waals surface area contributed by atoms with Crippen LogP contribution in [0.3, 0.4) is 0 Å². The molecule has 126 valence electrons. The fraction of sp³-hybridized carbons (Fsp3) is 0.150. The van der Waals surface area contributed by atoms with E-state index in [1.807, 2.05) is 20.8 Å². The third-order valence-electron chi connectivity index (χ3n) is 4.37. The highest BCUT2D eigenvalue weighted by atomic mass is 16.5. The van der Waals surface area contributed by atoms with Crippen molar-refractivity contribution in [3.05, 3.63) is 53.4 Å². The highest BCUT2D eigenvalue weighted by Crippen LogP contribution is 2.45. The Balaban J connectivity index is 2.14. The highest BCUT2D eigenvalue weighted by molar-refractivity contribution is 6.04. The number of aromatic hydroxyl groups is 2. The third kappa shape index (κ3) is 2.36. The van der Waals surface area contributed by atoms with Gasteiger partial charge in [-0.15, -0.1) is 0 Å². The number of phenols is 2. The van der Waals surface area contributed by atoms with E-state index in [2.05, 4.69) is 5.16 Å². The molecule has 0 amide bonds. The zero-order valence-electron chi connectivity index (χ0n) is 14.1. The van der Waals surface area contributed by atoms with Crippen molar-refractivity contribution >= 4 is 11.0 Å². The van der Waals surface area contributed by atoms with Gasteiger partial charge in [-0.1, -0.05) is 5.16 Å². The predicted octanol–water partition coefficient (Wildman–Crippen LogP) is 5.09. The second kappa shape index (κ2) is 5.41. The van der Waals surface area contributed by atoms with Crippen LogP contribution in [-0.2, 0) is 0 Å². The first kappa shape index (κ1) is 15.3.